The SMILES string of the molecule is Clc1nccnc1-c1cncnc1. The van der Waals surface area contributed by atoms with Crippen LogP contribution in [-0.2, 0) is 0 Å². The van der Waals surface area contributed by atoms with Gasteiger partial charge in [0.15, 0.2) is 5.15 Å². The average Bonchev–Trinajstić information content (AvgIpc) is 2.20. The molecular weight excluding hydrogens is 188 g/mol. The van der Waals surface area contributed by atoms with Gasteiger partial charge in [-0.25, -0.2) is 15.0 Å². The minimum absolute atomic E-state index is 0.359. The minimum Gasteiger partial charge on any atom is -0.251 e. The third kappa shape index (κ3) is 1.62. The molecule has 0 fully saturated rings. The van der Waals surface area contributed by atoms with E-state index < -0.39 is 0 Å². The molecule has 0 saturated carbocycles. The second-order valence-electron chi connectivity index (χ2n) is 2.32. The Morgan fingerprint density at radius 3 is 2.38 bits per heavy atom. The lowest BCUT2D eigenvalue weighted by Crippen LogP contribution is -1.88. The lowest BCUT2D eigenvalue weighted by molar-refractivity contribution is 1.14. The van der Waals surface area contributed by atoms with Crippen molar-refractivity contribution in [3.8, 4) is 11.3 Å². The van der Waals surface area contributed by atoms with E-state index in [9.17, 15) is 0 Å². The van der Waals surface area contributed by atoms with Crippen molar-refractivity contribution in [2.75, 3.05) is 0 Å². The first-order valence-corrected chi connectivity index (χ1v) is 3.97. The Bertz CT molecular complexity index is 404. The molecular formula is C8H5ClN4. The van der Waals surface area contributed by atoms with E-state index in [1.807, 2.05) is 0 Å². The molecule has 0 bridgehead atoms. The average molecular weight is 193 g/mol. The predicted octanol–water partition coefficient (Wildman–Crippen LogP) is 1.59. The van der Waals surface area contributed by atoms with Crippen molar-refractivity contribution in [2.45, 2.75) is 0 Å². The van der Waals surface area contributed by atoms with Crippen molar-refractivity contribution >= 4 is 11.6 Å². The fraction of sp³-hybridized carbons (Fsp3) is 0. The highest BCUT2D eigenvalue weighted by Crippen LogP contribution is 2.20. The Balaban J connectivity index is 2.54. The molecule has 0 spiro atoms. The molecule has 0 unspecified atom stereocenters. The van der Waals surface area contributed by atoms with E-state index in [2.05, 4.69) is 19.9 Å². The summed E-state index contributed by atoms with van der Waals surface area (Å²) in [4.78, 5) is 15.7. The quantitative estimate of drug-likeness (QED) is 0.689. The lowest BCUT2D eigenvalue weighted by atomic mass is 10.2. The molecule has 64 valence electrons. The van der Waals surface area contributed by atoms with E-state index in [1.54, 1.807) is 18.6 Å². The predicted molar refractivity (Wildman–Crippen MR) is 48.1 cm³/mol. The number of rotatable bonds is 1. The molecule has 2 rings (SSSR count). The van der Waals surface area contributed by atoms with E-state index in [1.165, 1.54) is 12.5 Å². The van der Waals surface area contributed by atoms with Gasteiger partial charge >= 0.3 is 0 Å². The Labute approximate surface area is 79.7 Å². The molecule has 2 heterocycles. The van der Waals surface area contributed by atoms with Crippen LogP contribution in [-0.4, -0.2) is 19.9 Å². The van der Waals surface area contributed by atoms with Crippen molar-refractivity contribution in [2.24, 2.45) is 0 Å². The molecule has 4 nitrogen and oxygen atoms in total. The van der Waals surface area contributed by atoms with E-state index in [-0.39, 0.29) is 0 Å². The van der Waals surface area contributed by atoms with Gasteiger partial charge in [0.1, 0.15) is 12.0 Å². The second kappa shape index (κ2) is 3.45. The minimum atomic E-state index is 0.359. The van der Waals surface area contributed by atoms with E-state index >= 15 is 0 Å². The molecule has 0 aliphatic heterocycles. The zero-order chi connectivity index (χ0) is 9.10. The lowest BCUT2D eigenvalue weighted by Gasteiger charge is -1.99. The molecule has 0 radical (unpaired) electrons. The van der Waals surface area contributed by atoms with Crippen LogP contribution in [0.2, 0.25) is 5.15 Å². The van der Waals surface area contributed by atoms with E-state index in [0.29, 0.717) is 10.8 Å². The van der Waals surface area contributed by atoms with Gasteiger partial charge in [-0.15, -0.1) is 0 Å². The first-order valence-electron chi connectivity index (χ1n) is 3.60. The summed E-state index contributed by atoms with van der Waals surface area (Å²) in [6.45, 7) is 0. The van der Waals surface area contributed by atoms with Crippen molar-refractivity contribution < 1.29 is 0 Å². The molecule has 0 aromatic carbocycles. The van der Waals surface area contributed by atoms with Crippen LogP contribution in [0, 0.1) is 0 Å². The summed E-state index contributed by atoms with van der Waals surface area (Å²) >= 11 is 5.83. The van der Waals surface area contributed by atoms with Crippen LogP contribution in [0.15, 0.2) is 31.1 Å². The zero-order valence-electron chi connectivity index (χ0n) is 6.55. The summed E-state index contributed by atoms with van der Waals surface area (Å²) in [5, 5.41) is 0.359. The standard InChI is InChI=1S/C8H5ClN4/c9-8-7(12-1-2-13-8)6-3-10-5-11-4-6/h1-5H. The van der Waals surface area contributed by atoms with Gasteiger partial charge in [-0.1, -0.05) is 11.6 Å². The van der Waals surface area contributed by atoms with Gasteiger partial charge < -0.3 is 0 Å². The van der Waals surface area contributed by atoms with Crippen molar-refractivity contribution in [3.05, 3.63) is 36.3 Å². The normalized spacial score (nSPS) is 9.92. The van der Waals surface area contributed by atoms with Crippen LogP contribution in [0.5, 0.6) is 0 Å². The first-order chi connectivity index (χ1) is 6.38. The summed E-state index contributed by atoms with van der Waals surface area (Å²) in [5.74, 6) is 0. The van der Waals surface area contributed by atoms with Gasteiger partial charge in [0.2, 0.25) is 0 Å². The number of halogens is 1. The third-order valence-electron chi connectivity index (χ3n) is 1.49. The van der Waals surface area contributed by atoms with Gasteiger partial charge in [0, 0.05) is 30.4 Å². The van der Waals surface area contributed by atoms with Gasteiger partial charge in [-0.2, -0.15) is 0 Å². The Kier molecular flexibility index (Phi) is 2.14. The van der Waals surface area contributed by atoms with Gasteiger partial charge in [-0.3, -0.25) is 4.98 Å². The third-order valence-corrected chi connectivity index (χ3v) is 1.76. The Hall–Kier alpha value is -1.55. The highest BCUT2D eigenvalue weighted by atomic mass is 35.5. The molecule has 0 saturated heterocycles. The van der Waals surface area contributed by atoms with Crippen LogP contribution in [0.25, 0.3) is 11.3 Å². The summed E-state index contributed by atoms with van der Waals surface area (Å²) in [7, 11) is 0. The summed E-state index contributed by atoms with van der Waals surface area (Å²) in [6, 6.07) is 0. The molecule has 0 aliphatic rings. The number of nitrogens with zero attached hydrogens (tertiary/aromatic N) is 4. The fourth-order valence-electron chi connectivity index (χ4n) is 0.936. The monoisotopic (exact) mass is 192 g/mol. The van der Waals surface area contributed by atoms with Crippen molar-refractivity contribution in [1.82, 2.24) is 19.9 Å². The summed E-state index contributed by atoms with van der Waals surface area (Å²) in [5.41, 5.74) is 1.37. The van der Waals surface area contributed by atoms with Gasteiger partial charge in [0.05, 0.1) is 0 Å². The van der Waals surface area contributed by atoms with Crippen LogP contribution < -0.4 is 0 Å². The van der Waals surface area contributed by atoms with Crippen molar-refractivity contribution in [3.63, 3.8) is 0 Å². The molecule has 0 amide bonds. The smallest absolute Gasteiger partial charge is 0.155 e. The van der Waals surface area contributed by atoms with Crippen molar-refractivity contribution in [1.29, 1.82) is 0 Å². The first kappa shape index (κ1) is 8.07. The number of aromatic nitrogens is 4. The van der Waals surface area contributed by atoms with Gasteiger partial charge in [-0.05, 0) is 0 Å². The largest absolute Gasteiger partial charge is 0.251 e. The maximum absolute atomic E-state index is 5.83. The summed E-state index contributed by atoms with van der Waals surface area (Å²) < 4.78 is 0. The van der Waals surface area contributed by atoms with Crippen LogP contribution in [0.1, 0.15) is 0 Å². The molecule has 2 aromatic heterocycles. The summed E-state index contributed by atoms with van der Waals surface area (Å²) in [6.07, 6.45) is 7.85. The van der Waals surface area contributed by atoms with Crippen LogP contribution in [0.3, 0.4) is 0 Å². The molecule has 13 heavy (non-hydrogen) atoms. The number of hydrogen-bond donors (Lipinski definition) is 0. The highest BCUT2D eigenvalue weighted by Gasteiger charge is 2.04. The topological polar surface area (TPSA) is 51.6 Å². The Morgan fingerprint density at radius 2 is 1.69 bits per heavy atom. The maximum atomic E-state index is 5.83. The Morgan fingerprint density at radius 1 is 1.00 bits per heavy atom. The molecule has 0 atom stereocenters. The molecule has 5 heteroatoms. The second-order valence-corrected chi connectivity index (χ2v) is 2.68. The van der Waals surface area contributed by atoms with Crippen LogP contribution >= 0.6 is 11.6 Å². The van der Waals surface area contributed by atoms with E-state index in [0.717, 1.165) is 5.56 Å². The number of hydrogen-bond acceptors (Lipinski definition) is 4. The maximum Gasteiger partial charge on any atom is 0.155 e. The fourth-order valence-corrected chi connectivity index (χ4v) is 1.15. The zero-order valence-corrected chi connectivity index (χ0v) is 7.31. The van der Waals surface area contributed by atoms with Crippen LogP contribution in [0.4, 0.5) is 0 Å². The molecule has 2 aromatic rings. The highest BCUT2D eigenvalue weighted by molar-refractivity contribution is 6.31. The molecule has 0 aliphatic carbocycles. The van der Waals surface area contributed by atoms with E-state index in [4.69, 9.17) is 11.6 Å². The van der Waals surface area contributed by atoms with Gasteiger partial charge in [0.25, 0.3) is 0 Å². The molecule has 0 N–H and O–H groups in total.